The van der Waals surface area contributed by atoms with Crippen LogP contribution in [0.1, 0.15) is 35.9 Å². The Morgan fingerprint density at radius 2 is 2.00 bits per heavy atom. The molecule has 0 saturated heterocycles. The van der Waals surface area contributed by atoms with Gasteiger partial charge in [0.2, 0.25) is 0 Å². The van der Waals surface area contributed by atoms with Crippen molar-refractivity contribution in [2.75, 3.05) is 5.73 Å². The minimum absolute atomic E-state index is 0.396. The van der Waals surface area contributed by atoms with Crippen LogP contribution in [0.25, 0.3) is 0 Å². The van der Waals surface area contributed by atoms with Gasteiger partial charge < -0.3 is 5.73 Å². The summed E-state index contributed by atoms with van der Waals surface area (Å²) in [6, 6.07) is 0. The van der Waals surface area contributed by atoms with Crippen LogP contribution in [0.4, 0.5) is 5.13 Å². The number of rotatable bonds is 3. The first-order valence-corrected chi connectivity index (χ1v) is 5.97. The SMILES string of the molecule is CC(C)c1nc(N)sc1Cc1cncnc1. The van der Waals surface area contributed by atoms with Gasteiger partial charge in [0.15, 0.2) is 5.13 Å². The Bertz CT molecular complexity index is 464. The molecule has 2 heterocycles. The standard InChI is InChI=1S/C11H14N4S/c1-7(2)10-9(16-11(12)15-10)3-8-4-13-6-14-5-8/h4-7H,3H2,1-2H3,(H2,12,15). The third-order valence-electron chi connectivity index (χ3n) is 2.27. The van der Waals surface area contributed by atoms with Gasteiger partial charge in [-0.05, 0) is 11.5 Å². The molecule has 2 aromatic rings. The predicted molar refractivity (Wildman–Crippen MR) is 65.5 cm³/mol. The van der Waals surface area contributed by atoms with Crippen LogP contribution in [-0.4, -0.2) is 15.0 Å². The maximum atomic E-state index is 5.75. The van der Waals surface area contributed by atoms with Crippen LogP contribution in [0, 0.1) is 0 Å². The Labute approximate surface area is 98.6 Å². The van der Waals surface area contributed by atoms with Crippen LogP contribution in [0.3, 0.4) is 0 Å². The van der Waals surface area contributed by atoms with E-state index in [2.05, 4.69) is 28.8 Å². The van der Waals surface area contributed by atoms with E-state index >= 15 is 0 Å². The number of nitrogen functional groups attached to an aromatic ring is 1. The van der Waals surface area contributed by atoms with Gasteiger partial charge in [0.05, 0.1) is 5.69 Å². The summed E-state index contributed by atoms with van der Waals surface area (Å²) in [5.74, 6) is 0.396. The maximum Gasteiger partial charge on any atom is 0.180 e. The molecule has 0 aliphatic heterocycles. The fourth-order valence-electron chi connectivity index (χ4n) is 1.57. The quantitative estimate of drug-likeness (QED) is 0.884. The Kier molecular flexibility index (Phi) is 3.14. The van der Waals surface area contributed by atoms with E-state index in [1.54, 1.807) is 11.3 Å². The first kappa shape index (κ1) is 11.0. The van der Waals surface area contributed by atoms with Crippen LogP contribution in [0.5, 0.6) is 0 Å². The zero-order valence-corrected chi connectivity index (χ0v) is 10.2. The van der Waals surface area contributed by atoms with Crippen molar-refractivity contribution in [1.29, 1.82) is 0 Å². The summed E-state index contributed by atoms with van der Waals surface area (Å²) >= 11 is 1.55. The van der Waals surface area contributed by atoms with E-state index in [0.29, 0.717) is 11.0 Å². The number of nitrogens with two attached hydrogens (primary N) is 1. The molecule has 0 amide bonds. The van der Waals surface area contributed by atoms with Gasteiger partial charge in [-0.3, -0.25) is 0 Å². The molecular weight excluding hydrogens is 220 g/mol. The van der Waals surface area contributed by atoms with E-state index in [1.165, 1.54) is 11.2 Å². The zero-order chi connectivity index (χ0) is 11.5. The van der Waals surface area contributed by atoms with Crippen molar-refractivity contribution in [3.05, 3.63) is 34.9 Å². The molecular formula is C11H14N4S. The average molecular weight is 234 g/mol. The third-order valence-corrected chi connectivity index (χ3v) is 3.17. The lowest BCUT2D eigenvalue weighted by molar-refractivity contribution is 0.819. The monoisotopic (exact) mass is 234 g/mol. The highest BCUT2D eigenvalue weighted by atomic mass is 32.1. The molecule has 2 aromatic heterocycles. The van der Waals surface area contributed by atoms with E-state index in [-0.39, 0.29) is 0 Å². The fraction of sp³-hybridized carbons (Fsp3) is 0.364. The molecule has 0 bridgehead atoms. The van der Waals surface area contributed by atoms with Crippen molar-refractivity contribution in [2.24, 2.45) is 0 Å². The Balaban J connectivity index is 2.28. The van der Waals surface area contributed by atoms with Crippen LogP contribution in [-0.2, 0) is 6.42 Å². The van der Waals surface area contributed by atoms with Gasteiger partial charge in [-0.15, -0.1) is 11.3 Å². The highest BCUT2D eigenvalue weighted by Crippen LogP contribution is 2.28. The average Bonchev–Trinajstić information content (AvgIpc) is 2.61. The number of aromatic nitrogens is 3. The van der Waals surface area contributed by atoms with Gasteiger partial charge in [0, 0.05) is 23.7 Å². The molecule has 2 rings (SSSR count). The lowest BCUT2D eigenvalue weighted by atomic mass is 10.1. The van der Waals surface area contributed by atoms with Gasteiger partial charge >= 0.3 is 0 Å². The molecule has 0 unspecified atom stereocenters. The van der Waals surface area contributed by atoms with E-state index < -0.39 is 0 Å². The number of thiazole rings is 1. The topological polar surface area (TPSA) is 64.7 Å². The summed E-state index contributed by atoms with van der Waals surface area (Å²) in [6.45, 7) is 4.25. The zero-order valence-electron chi connectivity index (χ0n) is 9.34. The van der Waals surface area contributed by atoms with Crippen molar-refractivity contribution in [3.8, 4) is 0 Å². The first-order chi connectivity index (χ1) is 7.66. The van der Waals surface area contributed by atoms with Gasteiger partial charge in [-0.2, -0.15) is 0 Å². The van der Waals surface area contributed by atoms with Crippen molar-refractivity contribution >= 4 is 16.5 Å². The molecule has 0 aliphatic carbocycles. The molecule has 0 atom stereocenters. The molecule has 2 N–H and O–H groups in total. The molecule has 0 fully saturated rings. The van der Waals surface area contributed by atoms with E-state index in [0.717, 1.165) is 17.7 Å². The van der Waals surface area contributed by atoms with Gasteiger partial charge in [0.25, 0.3) is 0 Å². The van der Waals surface area contributed by atoms with Crippen LogP contribution in [0.2, 0.25) is 0 Å². The minimum atomic E-state index is 0.396. The molecule has 5 heteroatoms. The second-order valence-electron chi connectivity index (χ2n) is 3.94. The van der Waals surface area contributed by atoms with Crippen LogP contribution in [0.15, 0.2) is 18.7 Å². The Morgan fingerprint density at radius 3 is 2.62 bits per heavy atom. The van der Waals surface area contributed by atoms with E-state index in [4.69, 9.17) is 5.73 Å². The summed E-state index contributed by atoms with van der Waals surface area (Å²) in [5, 5.41) is 0.635. The van der Waals surface area contributed by atoms with Gasteiger partial charge in [-0.1, -0.05) is 13.8 Å². The molecule has 0 spiro atoms. The lowest BCUT2D eigenvalue weighted by Crippen LogP contribution is -1.96. The second kappa shape index (κ2) is 4.57. The summed E-state index contributed by atoms with van der Waals surface area (Å²) in [6.07, 6.45) is 6.00. The molecule has 4 nitrogen and oxygen atoms in total. The molecule has 0 aromatic carbocycles. The summed E-state index contributed by atoms with van der Waals surface area (Å²) in [7, 11) is 0. The molecule has 16 heavy (non-hydrogen) atoms. The summed E-state index contributed by atoms with van der Waals surface area (Å²) in [5.41, 5.74) is 7.93. The molecule has 0 aliphatic rings. The van der Waals surface area contributed by atoms with Crippen LogP contribution < -0.4 is 5.73 Å². The number of anilines is 1. The van der Waals surface area contributed by atoms with Crippen molar-refractivity contribution in [1.82, 2.24) is 15.0 Å². The number of nitrogens with zero attached hydrogens (tertiary/aromatic N) is 3. The summed E-state index contributed by atoms with van der Waals surface area (Å²) in [4.78, 5) is 13.6. The maximum absolute atomic E-state index is 5.75. The smallest absolute Gasteiger partial charge is 0.180 e. The van der Waals surface area contributed by atoms with Crippen molar-refractivity contribution in [3.63, 3.8) is 0 Å². The fourth-order valence-corrected chi connectivity index (χ4v) is 2.59. The highest BCUT2D eigenvalue weighted by molar-refractivity contribution is 7.15. The molecule has 0 saturated carbocycles. The Morgan fingerprint density at radius 1 is 1.31 bits per heavy atom. The highest BCUT2D eigenvalue weighted by Gasteiger charge is 2.13. The third kappa shape index (κ3) is 2.36. The van der Waals surface area contributed by atoms with Gasteiger partial charge in [-0.25, -0.2) is 15.0 Å². The Hall–Kier alpha value is -1.49. The normalized spacial score (nSPS) is 10.9. The molecule has 0 radical (unpaired) electrons. The largest absolute Gasteiger partial charge is 0.375 e. The van der Waals surface area contributed by atoms with Crippen molar-refractivity contribution in [2.45, 2.75) is 26.2 Å². The number of hydrogen-bond acceptors (Lipinski definition) is 5. The van der Waals surface area contributed by atoms with E-state index in [1.807, 2.05) is 12.4 Å². The minimum Gasteiger partial charge on any atom is -0.375 e. The predicted octanol–water partition coefficient (Wildman–Crippen LogP) is 2.23. The molecule has 84 valence electrons. The first-order valence-electron chi connectivity index (χ1n) is 5.15. The van der Waals surface area contributed by atoms with Crippen LogP contribution >= 0.6 is 11.3 Å². The van der Waals surface area contributed by atoms with Gasteiger partial charge in [0.1, 0.15) is 6.33 Å². The second-order valence-corrected chi connectivity index (χ2v) is 5.05. The number of hydrogen-bond donors (Lipinski definition) is 1. The lowest BCUT2D eigenvalue weighted by Gasteiger charge is -2.04. The summed E-state index contributed by atoms with van der Waals surface area (Å²) < 4.78 is 0. The van der Waals surface area contributed by atoms with E-state index in [9.17, 15) is 0 Å². The van der Waals surface area contributed by atoms with Crippen molar-refractivity contribution < 1.29 is 0 Å².